The Morgan fingerprint density at radius 1 is 0.283 bits per heavy atom. The van der Waals surface area contributed by atoms with Gasteiger partial charge in [-0.25, -0.2) is 19.9 Å². The Kier molecular flexibility index (Phi) is 7.74. The molecule has 0 bridgehead atoms. The highest BCUT2D eigenvalue weighted by Gasteiger charge is 2.19. The second-order valence-corrected chi connectivity index (χ2v) is 15.1. The summed E-state index contributed by atoms with van der Waals surface area (Å²) in [4.78, 5) is 20.9. The molecule has 0 unspecified atom stereocenters. The fourth-order valence-electron chi connectivity index (χ4n) is 8.65. The molecule has 12 aromatic rings. The van der Waals surface area contributed by atoms with Crippen LogP contribution in [0.25, 0.3) is 111 Å². The summed E-state index contributed by atoms with van der Waals surface area (Å²) in [6.45, 7) is 0. The maximum Gasteiger partial charge on any atom is 0.160 e. The fourth-order valence-corrected chi connectivity index (χ4v) is 8.65. The van der Waals surface area contributed by atoms with Crippen molar-refractivity contribution in [2.75, 3.05) is 0 Å². The molecule has 6 nitrogen and oxygen atoms in total. The average molecular weight is 767 g/mol. The first kappa shape index (κ1) is 33.9. The van der Waals surface area contributed by atoms with E-state index in [0.29, 0.717) is 5.82 Å². The number of nitrogens with zero attached hydrogens (tertiary/aromatic N) is 6. The van der Waals surface area contributed by atoms with E-state index in [9.17, 15) is 0 Å². The van der Waals surface area contributed by atoms with Crippen LogP contribution in [-0.4, -0.2) is 29.1 Å². The zero-order valence-corrected chi connectivity index (χ0v) is 32.3. The van der Waals surface area contributed by atoms with Gasteiger partial charge in [-0.3, -0.25) is 0 Å². The van der Waals surface area contributed by atoms with Crippen LogP contribution in [0.5, 0.6) is 0 Å². The molecule has 0 aliphatic carbocycles. The summed E-state index contributed by atoms with van der Waals surface area (Å²) < 4.78 is 4.59. The van der Waals surface area contributed by atoms with Gasteiger partial charge in [0.2, 0.25) is 0 Å². The van der Waals surface area contributed by atoms with Gasteiger partial charge in [0.15, 0.2) is 5.82 Å². The molecule has 0 radical (unpaired) electrons. The van der Waals surface area contributed by atoms with E-state index in [4.69, 9.17) is 19.9 Å². The summed E-state index contributed by atoms with van der Waals surface area (Å²) in [7, 11) is 0. The molecule has 280 valence electrons. The third-order valence-corrected chi connectivity index (χ3v) is 11.5. The first-order valence-corrected chi connectivity index (χ1v) is 20.1. The summed E-state index contributed by atoms with van der Waals surface area (Å²) in [5.74, 6) is 0.688. The number of para-hydroxylation sites is 3. The highest BCUT2D eigenvalue weighted by atomic mass is 15.0. The molecule has 5 heterocycles. The minimum Gasteiger partial charge on any atom is -0.308 e. The molecular formula is C54H34N6. The van der Waals surface area contributed by atoms with E-state index in [1.54, 1.807) is 0 Å². The lowest BCUT2D eigenvalue weighted by Gasteiger charge is -2.12. The summed E-state index contributed by atoms with van der Waals surface area (Å²) in [6.07, 6.45) is 0. The summed E-state index contributed by atoms with van der Waals surface area (Å²) in [5.41, 5.74) is 17.1. The normalized spacial score (nSPS) is 11.7. The van der Waals surface area contributed by atoms with Crippen molar-refractivity contribution in [3.63, 3.8) is 0 Å². The molecule has 0 atom stereocenters. The molecule has 12 rings (SSSR count). The molecule has 0 amide bonds. The smallest absolute Gasteiger partial charge is 0.160 e. The predicted molar refractivity (Wildman–Crippen MR) is 246 cm³/mol. The molecule has 6 heteroatoms. The van der Waals surface area contributed by atoms with Gasteiger partial charge in [0.05, 0.1) is 55.5 Å². The Morgan fingerprint density at radius 3 is 1.22 bits per heavy atom. The van der Waals surface area contributed by atoms with Crippen LogP contribution in [-0.2, 0) is 0 Å². The third-order valence-electron chi connectivity index (χ3n) is 11.5. The zero-order valence-electron chi connectivity index (χ0n) is 32.3. The predicted octanol–water partition coefficient (Wildman–Crippen LogP) is 13.3. The zero-order chi connectivity index (χ0) is 39.6. The lowest BCUT2D eigenvalue weighted by atomic mass is 10.0. The van der Waals surface area contributed by atoms with E-state index >= 15 is 0 Å². The molecule has 0 N–H and O–H groups in total. The van der Waals surface area contributed by atoms with Gasteiger partial charge in [-0.15, -0.1) is 0 Å². The Balaban J connectivity index is 0.987. The lowest BCUT2D eigenvalue weighted by molar-refractivity contribution is 1.17. The van der Waals surface area contributed by atoms with Gasteiger partial charge >= 0.3 is 0 Å². The fraction of sp³-hybridized carbons (Fsp3) is 0. The van der Waals surface area contributed by atoms with Gasteiger partial charge in [0, 0.05) is 38.8 Å². The van der Waals surface area contributed by atoms with Crippen molar-refractivity contribution in [2.45, 2.75) is 0 Å². The van der Waals surface area contributed by atoms with Crippen molar-refractivity contribution in [3.8, 4) is 56.4 Å². The van der Waals surface area contributed by atoms with Crippen molar-refractivity contribution in [2.24, 2.45) is 0 Å². The minimum atomic E-state index is 0.688. The number of hydrogen-bond donors (Lipinski definition) is 0. The van der Waals surface area contributed by atoms with Gasteiger partial charge < -0.3 is 9.13 Å². The minimum absolute atomic E-state index is 0.688. The highest BCUT2D eigenvalue weighted by molar-refractivity contribution is 6.13. The first-order valence-electron chi connectivity index (χ1n) is 20.1. The van der Waals surface area contributed by atoms with E-state index in [-0.39, 0.29) is 0 Å². The SMILES string of the molecule is c1ccc(-c2ccc(-c3cc(-c4ccc(-n5c6ccccc6c6nc7cc8c(nc7cc65)c5ccccc5n8-c5ccccc5)cc4)nc(-c4ccccc4)n3)cc2)cc1. The van der Waals surface area contributed by atoms with Crippen LogP contribution in [0.4, 0.5) is 0 Å². The molecule has 0 spiro atoms. The van der Waals surface area contributed by atoms with Gasteiger partial charge in [0.25, 0.3) is 0 Å². The molecule has 0 saturated carbocycles. The Labute approximate surface area is 345 Å². The van der Waals surface area contributed by atoms with Crippen LogP contribution in [0.3, 0.4) is 0 Å². The van der Waals surface area contributed by atoms with Gasteiger partial charge in [-0.05, 0) is 65.7 Å². The summed E-state index contributed by atoms with van der Waals surface area (Å²) >= 11 is 0. The Hall–Kier alpha value is -8.22. The van der Waals surface area contributed by atoms with Crippen molar-refractivity contribution in [1.82, 2.24) is 29.1 Å². The van der Waals surface area contributed by atoms with E-state index < -0.39 is 0 Å². The van der Waals surface area contributed by atoms with Crippen LogP contribution < -0.4 is 0 Å². The highest BCUT2D eigenvalue weighted by Crippen LogP contribution is 2.37. The molecule has 5 aromatic heterocycles. The van der Waals surface area contributed by atoms with Crippen molar-refractivity contribution < 1.29 is 0 Å². The third kappa shape index (κ3) is 5.57. The average Bonchev–Trinajstić information content (AvgIpc) is 3.82. The van der Waals surface area contributed by atoms with Gasteiger partial charge in [0.1, 0.15) is 0 Å². The topological polar surface area (TPSA) is 61.4 Å². The Bertz CT molecular complexity index is 3560. The number of benzene rings is 7. The maximum atomic E-state index is 5.36. The van der Waals surface area contributed by atoms with E-state index in [0.717, 1.165) is 94.4 Å². The summed E-state index contributed by atoms with van der Waals surface area (Å²) in [6, 6.07) is 71.9. The van der Waals surface area contributed by atoms with E-state index in [2.05, 4.69) is 185 Å². The van der Waals surface area contributed by atoms with E-state index in [1.807, 2.05) is 30.3 Å². The molecular weight excluding hydrogens is 733 g/mol. The second kappa shape index (κ2) is 13.7. The maximum absolute atomic E-state index is 5.36. The van der Waals surface area contributed by atoms with Gasteiger partial charge in [-0.1, -0.05) is 152 Å². The number of hydrogen-bond acceptors (Lipinski definition) is 4. The molecule has 7 aromatic carbocycles. The molecule has 60 heavy (non-hydrogen) atoms. The standard InChI is InChI=1S/C54H34N6/c1-4-14-35(15-5-1)36-24-26-37(27-25-36)44-32-45(58-54(57-44)39-16-6-2-7-17-39)38-28-30-41(31-29-38)60-49-23-13-11-21-43(49)53-51(60)34-47-46(56-53)33-50-52(55-47)42-20-10-12-22-48(42)59(50)40-18-8-3-9-19-40/h1-34H. The number of fused-ring (bicyclic) bond motifs is 7. The quantitative estimate of drug-likeness (QED) is 0.169. The van der Waals surface area contributed by atoms with Crippen molar-refractivity contribution >= 4 is 54.9 Å². The van der Waals surface area contributed by atoms with Crippen molar-refractivity contribution in [1.29, 1.82) is 0 Å². The van der Waals surface area contributed by atoms with Crippen LogP contribution in [0.15, 0.2) is 206 Å². The van der Waals surface area contributed by atoms with Crippen LogP contribution in [0.2, 0.25) is 0 Å². The van der Waals surface area contributed by atoms with Crippen molar-refractivity contribution in [3.05, 3.63) is 206 Å². The van der Waals surface area contributed by atoms with Crippen LogP contribution in [0.1, 0.15) is 0 Å². The second-order valence-electron chi connectivity index (χ2n) is 15.1. The number of rotatable bonds is 6. The number of pyridine rings is 2. The van der Waals surface area contributed by atoms with E-state index in [1.165, 1.54) is 11.1 Å². The number of aromatic nitrogens is 6. The summed E-state index contributed by atoms with van der Waals surface area (Å²) in [5, 5.41) is 2.20. The first-order chi connectivity index (χ1) is 29.7. The molecule has 0 aliphatic heterocycles. The Morgan fingerprint density at radius 2 is 0.683 bits per heavy atom. The lowest BCUT2D eigenvalue weighted by Crippen LogP contribution is -1.97. The largest absolute Gasteiger partial charge is 0.308 e. The van der Waals surface area contributed by atoms with Crippen LogP contribution in [0, 0.1) is 0 Å². The molecule has 0 aliphatic rings. The van der Waals surface area contributed by atoms with Crippen LogP contribution >= 0.6 is 0 Å². The van der Waals surface area contributed by atoms with Gasteiger partial charge in [-0.2, -0.15) is 0 Å². The molecule has 0 fully saturated rings. The monoisotopic (exact) mass is 766 g/mol. The molecule has 0 saturated heterocycles.